The largest absolute Gasteiger partial charge is 0.333 e. The highest BCUT2D eigenvalue weighted by Gasteiger charge is 2.23. The van der Waals surface area contributed by atoms with E-state index >= 15 is 0 Å². The van der Waals surface area contributed by atoms with E-state index < -0.39 is 0 Å². The molecule has 1 N–H and O–H groups in total. The molecule has 0 fully saturated rings. The van der Waals surface area contributed by atoms with Crippen LogP contribution in [0.25, 0.3) is 28.2 Å². The molecule has 0 atom stereocenters. The maximum absolute atomic E-state index is 13.8. The van der Waals surface area contributed by atoms with E-state index in [0.717, 1.165) is 56.5 Å². The van der Waals surface area contributed by atoms with Gasteiger partial charge >= 0.3 is 5.69 Å². The molecule has 0 radical (unpaired) electrons. The molecular weight excluding hydrogens is 542 g/mol. The van der Waals surface area contributed by atoms with Gasteiger partial charge in [-0.1, -0.05) is 70.5 Å². The van der Waals surface area contributed by atoms with Gasteiger partial charge in [0.15, 0.2) is 5.82 Å². The lowest BCUT2D eigenvalue weighted by atomic mass is 9.86. The van der Waals surface area contributed by atoms with Crippen LogP contribution in [-0.2, 0) is 18.4 Å². The molecule has 0 spiro atoms. The van der Waals surface area contributed by atoms with Gasteiger partial charge in [0.05, 0.1) is 12.2 Å². The van der Waals surface area contributed by atoms with Gasteiger partial charge < -0.3 is 0 Å². The number of imidazole rings is 1. The van der Waals surface area contributed by atoms with E-state index in [2.05, 4.69) is 99.6 Å². The first kappa shape index (κ1) is 25.8. The molecule has 2 aromatic carbocycles. The van der Waals surface area contributed by atoms with Crippen LogP contribution < -0.4 is 5.69 Å². The number of aromatic nitrogens is 7. The first-order valence-corrected chi connectivity index (χ1v) is 13.4. The Balaban J connectivity index is 1.52. The smallest absolute Gasteiger partial charge is 0.292 e. The van der Waals surface area contributed by atoms with Crippen LogP contribution >= 0.6 is 15.9 Å². The zero-order valence-corrected chi connectivity index (χ0v) is 23.5. The van der Waals surface area contributed by atoms with Crippen molar-refractivity contribution in [2.75, 3.05) is 0 Å². The third-order valence-electron chi connectivity index (χ3n) is 6.63. The molecule has 8 nitrogen and oxygen atoms in total. The lowest BCUT2D eigenvalue weighted by Gasteiger charge is -2.23. The molecule has 0 aliphatic carbocycles. The second-order valence-corrected chi connectivity index (χ2v) is 11.2. The van der Waals surface area contributed by atoms with Crippen LogP contribution in [0.3, 0.4) is 0 Å². The summed E-state index contributed by atoms with van der Waals surface area (Å²) in [6.07, 6.45) is 7.28. The number of halogens is 1. The van der Waals surface area contributed by atoms with Crippen LogP contribution in [0.5, 0.6) is 0 Å². The Bertz CT molecular complexity index is 1610. The average Bonchev–Trinajstić information content (AvgIpc) is 3.54. The predicted octanol–water partition coefficient (Wildman–Crippen LogP) is 5.94. The molecular formula is C29H30BrN7O. The van der Waals surface area contributed by atoms with Gasteiger partial charge in [-0.25, -0.2) is 9.89 Å². The van der Waals surface area contributed by atoms with Crippen molar-refractivity contribution in [2.45, 2.75) is 52.5 Å². The van der Waals surface area contributed by atoms with Crippen LogP contribution in [-0.4, -0.2) is 34.7 Å². The van der Waals surface area contributed by atoms with Crippen LogP contribution in [0, 0.1) is 0 Å². The van der Waals surface area contributed by atoms with Crippen molar-refractivity contribution in [3.8, 4) is 28.2 Å². The van der Waals surface area contributed by atoms with Gasteiger partial charge in [-0.3, -0.25) is 14.1 Å². The highest BCUT2D eigenvalue weighted by Crippen LogP contribution is 2.33. The summed E-state index contributed by atoms with van der Waals surface area (Å²) in [4.78, 5) is 18.1. The van der Waals surface area contributed by atoms with E-state index in [1.807, 2.05) is 29.0 Å². The summed E-state index contributed by atoms with van der Waals surface area (Å²) >= 11 is 3.71. The second-order valence-electron chi connectivity index (χ2n) is 10.4. The summed E-state index contributed by atoms with van der Waals surface area (Å²) in [6.45, 7) is 9.13. The lowest BCUT2D eigenvalue weighted by molar-refractivity contribution is 0.584. The molecule has 0 amide bonds. The summed E-state index contributed by atoms with van der Waals surface area (Å²) in [6, 6.07) is 16.3. The maximum Gasteiger partial charge on any atom is 0.333 e. The maximum atomic E-state index is 13.8. The number of tetrazole rings is 1. The van der Waals surface area contributed by atoms with Crippen LogP contribution in [0.1, 0.15) is 50.9 Å². The quantitative estimate of drug-likeness (QED) is 0.261. The van der Waals surface area contributed by atoms with Crippen molar-refractivity contribution in [1.29, 1.82) is 0 Å². The third kappa shape index (κ3) is 4.98. The van der Waals surface area contributed by atoms with Crippen molar-refractivity contribution in [3.05, 3.63) is 98.9 Å². The summed E-state index contributed by atoms with van der Waals surface area (Å²) in [5.41, 5.74) is 6.76. The average molecular weight is 573 g/mol. The van der Waals surface area contributed by atoms with Crippen LogP contribution in [0.15, 0.2) is 76.4 Å². The molecule has 0 unspecified atom stereocenters. The van der Waals surface area contributed by atoms with Crippen molar-refractivity contribution in [2.24, 2.45) is 0 Å². The van der Waals surface area contributed by atoms with Crippen LogP contribution in [0.4, 0.5) is 0 Å². The molecule has 0 aliphatic heterocycles. The molecule has 5 aromatic rings. The van der Waals surface area contributed by atoms with E-state index in [1.54, 1.807) is 17.0 Å². The molecule has 38 heavy (non-hydrogen) atoms. The first-order chi connectivity index (χ1) is 18.3. The van der Waals surface area contributed by atoms with E-state index in [-0.39, 0.29) is 11.1 Å². The van der Waals surface area contributed by atoms with E-state index in [4.69, 9.17) is 0 Å². The molecule has 9 heteroatoms. The van der Waals surface area contributed by atoms with Gasteiger partial charge in [0.25, 0.3) is 0 Å². The van der Waals surface area contributed by atoms with E-state index in [9.17, 15) is 4.79 Å². The molecule has 3 heterocycles. The summed E-state index contributed by atoms with van der Waals surface area (Å²) in [5, 5.41) is 14.2. The number of nitrogens with zero attached hydrogens (tertiary/aromatic N) is 6. The number of nitrogens with one attached hydrogen (secondary N) is 1. The number of pyridine rings is 1. The van der Waals surface area contributed by atoms with Crippen molar-refractivity contribution < 1.29 is 0 Å². The van der Waals surface area contributed by atoms with E-state index in [1.165, 1.54) is 0 Å². The monoisotopic (exact) mass is 571 g/mol. The third-order valence-corrected chi connectivity index (χ3v) is 7.27. The van der Waals surface area contributed by atoms with Gasteiger partial charge in [-0.2, -0.15) is 0 Å². The molecule has 0 saturated carbocycles. The molecule has 0 saturated heterocycles. The highest BCUT2D eigenvalue weighted by atomic mass is 79.9. The van der Waals surface area contributed by atoms with Gasteiger partial charge in [0, 0.05) is 34.3 Å². The van der Waals surface area contributed by atoms with Crippen LogP contribution in [0.2, 0.25) is 0 Å². The number of aryl methyl sites for hydroxylation is 1. The first-order valence-electron chi connectivity index (χ1n) is 12.7. The number of rotatable bonds is 7. The number of benzene rings is 2. The summed E-state index contributed by atoms with van der Waals surface area (Å²) in [7, 11) is 0. The van der Waals surface area contributed by atoms with E-state index in [0.29, 0.717) is 12.4 Å². The van der Waals surface area contributed by atoms with Crippen molar-refractivity contribution >= 4 is 15.9 Å². The molecule has 0 bridgehead atoms. The number of aromatic amines is 1. The Labute approximate surface area is 229 Å². The number of hydrogen-bond acceptors (Lipinski definition) is 5. The van der Waals surface area contributed by atoms with Gasteiger partial charge in [0.1, 0.15) is 0 Å². The summed E-state index contributed by atoms with van der Waals surface area (Å²) in [5.74, 6) is 0.566. The molecule has 5 rings (SSSR count). The second kappa shape index (κ2) is 10.5. The number of hydrogen-bond donors (Lipinski definition) is 1. The summed E-state index contributed by atoms with van der Waals surface area (Å²) < 4.78 is 4.60. The van der Waals surface area contributed by atoms with Gasteiger partial charge in [-0.05, 0) is 72.6 Å². The van der Waals surface area contributed by atoms with Crippen molar-refractivity contribution in [3.63, 3.8) is 0 Å². The normalized spacial score (nSPS) is 11.7. The Kier molecular flexibility index (Phi) is 7.12. The minimum Gasteiger partial charge on any atom is -0.292 e. The SMILES string of the molecule is CCCc1cn(-c2c(Br)cccc2C(C)(C)C)c(=O)n1Cc1ccc(-c2ccncc2-c2nnn[nH]2)cc1. The molecule has 194 valence electrons. The fourth-order valence-electron chi connectivity index (χ4n) is 4.76. The topological polar surface area (TPSA) is 94.3 Å². The zero-order chi connectivity index (χ0) is 26.9. The van der Waals surface area contributed by atoms with Gasteiger partial charge in [0.2, 0.25) is 0 Å². The minimum atomic E-state index is -0.116. The Morgan fingerprint density at radius 3 is 2.50 bits per heavy atom. The standard InChI is InChI=1S/C29H30BrN7O/c1-5-7-21-18-37(26-24(29(2,3)4)8-6-9-25(26)30)28(38)36(21)17-19-10-12-20(13-11-19)22-14-15-31-16-23(22)27-32-34-35-33-27/h6,8-16,18H,5,7,17H2,1-4H3,(H,32,33,34,35). The predicted molar refractivity (Wildman–Crippen MR) is 152 cm³/mol. The number of para-hydroxylation sites is 1. The highest BCUT2D eigenvalue weighted by molar-refractivity contribution is 9.10. The Morgan fingerprint density at radius 2 is 1.82 bits per heavy atom. The lowest BCUT2D eigenvalue weighted by Crippen LogP contribution is -2.27. The van der Waals surface area contributed by atoms with Crippen molar-refractivity contribution in [1.82, 2.24) is 34.7 Å². The number of H-pyrrole nitrogens is 1. The fourth-order valence-corrected chi connectivity index (χ4v) is 5.31. The fraction of sp³-hybridized carbons (Fsp3) is 0.276. The Morgan fingerprint density at radius 1 is 1.03 bits per heavy atom. The minimum absolute atomic E-state index is 0.0378. The molecule has 3 aromatic heterocycles. The zero-order valence-electron chi connectivity index (χ0n) is 21.9. The Hall–Kier alpha value is -3.85. The molecule has 0 aliphatic rings. The van der Waals surface area contributed by atoms with Gasteiger partial charge in [-0.15, -0.1) is 5.10 Å².